The van der Waals surface area contributed by atoms with Crippen molar-refractivity contribution in [1.82, 2.24) is 0 Å². The molecule has 1 atom stereocenters. The maximum Gasteiger partial charge on any atom is 0.122 e. The van der Waals surface area contributed by atoms with Gasteiger partial charge in [0, 0.05) is 0 Å². The number of hydrogen-bond donors (Lipinski definition) is 0. The Labute approximate surface area is 135 Å². The Morgan fingerprint density at radius 3 is 2.50 bits per heavy atom. The molecule has 0 aromatic heterocycles. The van der Waals surface area contributed by atoms with Crippen LogP contribution in [-0.2, 0) is 0 Å². The second-order valence-electron chi connectivity index (χ2n) is 5.78. The SMILES string of the molecule is C=CC(C)/C=C/C=C(C)/C=C/c1c(C)cc(OC)c(C)c1C. The first kappa shape index (κ1) is 18.0. The van der Waals surface area contributed by atoms with Gasteiger partial charge in [0.25, 0.3) is 0 Å². The molecule has 0 N–H and O–H groups in total. The number of allylic oxidation sites excluding steroid dienone is 6. The van der Waals surface area contributed by atoms with Crippen molar-refractivity contribution in [3.05, 3.63) is 70.9 Å². The van der Waals surface area contributed by atoms with Crippen molar-refractivity contribution in [2.24, 2.45) is 5.92 Å². The lowest BCUT2D eigenvalue weighted by Crippen LogP contribution is -1.95. The van der Waals surface area contributed by atoms with Crippen molar-refractivity contribution in [2.45, 2.75) is 34.6 Å². The van der Waals surface area contributed by atoms with Gasteiger partial charge in [-0.25, -0.2) is 0 Å². The van der Waals surface area contributed by atoms with Crippen molar-refractivity contribution in [1.29, 1.82) is 0 Å². The van der Waals surface area contributed by atoms with Crippen LogP contribution in [0.25, 0.3) is 6.08 Å². The molecule has 1 heteroatoms. The van der Waals surface area contributed by atoms with E-state index in [-0.39, 0.29) is 0 Å². The third kappa shape index (κ3) is 4.77. The van der Waals surface area contributed by atoms with Gasteiger partial charge in [-0.3, -0.25) is 0 Å². The monoisotopic (exact) mass is 296 g/mol. The molecule has 0 saturated heterocycles. The van der Waals surface area contributed by atoms with Gasteiger partial charge < -0.3 is 4.74 Å². The molecule has 0 aliphatic carbocycles. The van der Waals surface area contributed by atoms with Crippen molar-refractivity contribution < 1.29 is 4.74 Å². The van der Waals surface area contributed by atoms with Crippen molar-refractivity contribution >= 4 is 6.08 Å². The first-order valence-electron chi connectivity index (χ1n) is 7.71. The molecule has 0 aliphatic rings. The van der Waals surface area contributed by atoms with E-state index in [1.807, 2.05) is 6.08 Å². The number of hydrogen-bond acceptors (Lipinski definition) is 1. The molecule has 1 aromatic rings. The number of ether oxygens (including phenoxy) is 1. The van der Waals surface area contributed by atoms with Gasteiger partial charge in [-0.15, -0.1) is 6.58 Å². The van der Waals surface area contributed by atoms with Gasteiger partial charge in [0.05, 0.1) is 7.11 Å². The number of aryl methyl sites for hydroxylation is 1. The quantitative estimate of drug-likeness (QED) is 0.465. The maximum absolute atomic E-state index is 5.42. The summed E-state index contributed by atoms with van der Waals surface area (Å²) in [5, 5.41) is 0. The molecule has 0 saturated carbocycles. The summed E-state index contributed by atoms with van der Waals surface area (Å²) in [6.45, 7) is 14.4. The molecule has 118 valence electrons. The molecular formula is C21H28O. The Morgan fingerprint density at radius 1 is 1.23 bits per heavy atom. The Balaban J connectivity index is 3.00. The van der Waals surface area contributed by atoms with Crippen LogP contribution in [0.5, 0.6) is 5.75 Å². The summed E-state index contributed by atoms with van der Waals surface area (Å²) in [5.74, 6) is 1.36. The smallest absolute Gasteiger partial charge is 0.122 e. The fourth-order valence-electron chi connectivity index (χ4n) is 2.27. The van der Waals surface area contributed by atoms with Gasteiger partial charge in [-0.1, -0.05) is 49.0 Å². The minimum atomic E-state index is 0.404. The zero-order valence-electron chi connectivity index (χ0n) is 14.7. The molecule has 0 bridgehead atoms. The van der Waals surface area contributed by atoms with Gasteiger partial charge in [-0.05, 0) is 61.9 Å². The zero-order valence-corrected chi connectivity index (χ0v) is 14.7. The number of methoxy groups -OCH3 is 1. The standard InChI is InChI=1S/C21H28O/c1-8-15(2)10-9-11-16(3)12-13-20-17(4)14-21(22-7)19(6)18(20)5/h8-15H,1H2,2-7H3/b10-9+,13-12+,16-11+. The van der Waals surface area contributed by atoms with E-state index < -0.39 is 0 Å². The van der Waals surface area contributed by atoms with Crippen LogP contribution in [-0.4, -0.2) is 7.11 Å². The van der Waals surface area contributed by atoms with E-state index in [4.69, 9.17) is 4.74 Å². The Morgan fingerprint density at radius 2 is 1.91 bits per heavy atom. The minimum Gasteiger partial charge on any atom is -0.496 e. The van der Waals surface area contributed by atoms with Crippen LogP contribution in [0.1, 0.15) is 36.1 Å². The van der Waals surface area contributed by atoms with Crippen LogP contribution in [0.3, 0.4) is 0 Å². The summed E-state index contributed by atoms with van der Waals surface area (Å²) in [6, 6.07) is 2.10. The minimum absolute atomic E-state index is 0.404. The highest BCUT2D eigenvalue weighted by molar-refractivity contribution is 5.64. The van der Waals surface area contributed by atoms with Gasteiger partial charge in [0.1, 0.15) is 5.75 Å². The second kappa shape index (κ2) is 8.43. The predicted molar refractivity (Wildman–Crippen MR) is 98.5 cm³/mol. The van der Waals surface area contributed by atoms with Gasteiger partial charge in [0.15, 0.2) is 0 Å². The molecule has 1 nitrogen and oxygen atoms in total. The fraction of sp³-hybridized carbons (Fsp3) is 0.333. The highest BCUT2D eigenvalue weighted by Gasteiger charge is 2.08. The largest absolute Gasteiger partial charge is 0.496 e. The molecule has 0 amide bonds. The Bertz CT molecular complexity index is 615. The van der Waals surface area contributed by atoms with Gasteiger partial charge in [-0.2, -0.15) is 0 Å². The Kier molecular flexibility index (Phi) is 6.91. The van der Waals surface area contributed by atoms with Crippen LogP contribution in [0.15, 0.2) is 48.6 Å². The first-order valence-corrected chi connectivity index (χ1v) is 7.71. The lowest BCUT2D eigenvalue weighted by atomic mass is 9.96. The summed E-state index contributed by atoms with van der Waals surface area (Å²) >= 11 is 0. The van der Waals surface area contributed by atoms with E-state index in [1.54, 1.807) is 7.11 Å². The molecule has 0 heterocycles. The van der Waals surface area contributed by atoms with E-state index in [0.29, 0.717) is 5.92 Å². The summed E-state index contributed by atoms with van der Waals surface area (Å²) in [6.07, 6.45) is 12.6. The zero-order chi connectivity index (χ0) is 16.7. The molecule has 0 aliphatic heterocycles. The van der Waals surface area contributed by atoms with E-state index in [0.717, 1.165) is 5.75 Å². The third-order valence-corrected chi connectivity index (χ3v) is 3.99. The molecule has 0 spiro atoms. The highest BCUT2D eigenvalue weighted by Crippen LogP contribution is 2.28. The topological polar surface area (TPSA) is 9.23 Å². The lowest BCUT2D eigenvalue weighted by molar-refractivity contribution is 0.411. The molecule has 0 fully saturated rings. The predicted octanol–water partition coefficient (Wildman–Crippen LogP) is 5.96. The maximum atomic E-state index is 5.42. The second-order valence-corrected chi connectivity index (χ2v) is 5.78. The lowest BCUT2D eigenvalue weighted by Gasteiger charge is -2.13. The number of rotatable bonds is 6. The molecule has 1 unspecified atom stereocenters. The average molecular weight is 296 g/mol. The van der Waals surface area contributed by atoms with E-state index in [1.165, 1.54) is 27.8 Å². The van der Waals surface area contributed by atoms with E-state index >= 15 is 0 Å². The average Bonchev–Trinajstić information content (AvgIpc) is 2.50. The molecule has 1 rings (SSSR count). The summed E-state index contributed by atoms with van der Waals surface area (Å²) in [5.41, 5.74) is 6.21. The Hall–Kier alpha value is -2.02. The summed E-state index contributed by atoms with van der Waals surface area (Å²) < 4.78 is 5.42. The van der Waals surface area contributed by atoms with Crippen molar-refractivity contribution in [2.75, 3.05) is 7.11 Å². The van der Waals surface area contributed by atoms with Gasteiger partial charge in [0.2, 0.25) is 0 Å². The van der Waals surface area contributed by atoms with Crippen LogP contribution in [0.4, 0.5) is 0 Å². The molecular weight excluding hydrogens is 268 g/mol. The fourth-order valence-corrected chi connectivity index (χ4v) is 2.27. The van der Waals surface area contributed by atoms with Crippen LogP contribution >= 0.6 is 0 Å². The molecule has 0 radical (unpaired) electrons. The van der Waals surface area contributed by atoms with Crippen molar-refractivity contribution in [3.63, 3.8) is 0 Å². The van der Waals surface area contributed by atoms with Gasteiger partial charge >= 0.3 is 0 Å². The van der Waals surface area contributed by atoms with E-state index in [9.17, 15) is 0 Å². The molecule has 1 aromatic carbocycles. The van der Waals surface area contributed by atoms with Crippen LogP contribution < -0.4 is 4.74 Å². The van der Waals surface area contributed by atoms with Crippen LogP contribution in [0.2, 0.25) is 0 Å². The summed E-state index contributed by atoms with van der Waals surface area (Å²) in [7, 11) is 1.72. The molecule has 22 heavy (non-hydrogen) atoms. The van der Waals surface area contributed by atoms with Crippen LogP contribution in [0, 0.1) is 26.7 Å². The number of benzene rings is 1. The normalized spacial score (nSPS) is 13.8. The first-order chi connectivity index (χ1) is 10.4. The third-order valence-electron chi connectivity index (χ3n) is 3.99. The van der Waals surface area contributed by atoms with E-state index in [2.05, 4.69) is 77.6 Å². The summed E-state index contributed by atoms with van der Waals surface area (Å²) in [4.78, 5) is 0. The highest BCUT2D eigenvalue weighted by atomic mass is 16.5. The van der Waals surface area contributed by atoms with Crippen molar-refractivity contribution in [3.8, 4) is 5.75 Å².